The second-order valence-corrected chi connectivity index (χ2v) is 7.27. The zero-order valence-electron chi connectivity index (χ0n) is 14.3. The van der Waals surface area contributed by atoms with Crippen molar-refractivity contribution >= 4 is 5.91 Å². The molecule has 3 rings (SSSR count). The van der Waals surface area contributed by atoms with Crippen LogP contribution in [-0.4, -0.2) is 34.9 Å². The molecule has 0 unspecified atom stereocenters. The van der Waals surface area contributed by atoms with Crippen LogP contribution in [0.3, 0.4) is 0 Å². The number of aromatic nitrogens is 1. The van der Waals surface area contributed by atoms with Gasteiger partial charge in [0.1, 0.15) is 0 Å². The van der Waals surface area contributed by atoms with Gasteiger partial charge < -0.3 is 5.32 Å². The third kappa shape index (κ3) is 3.92. The second-order valence-electron chi connectivity index (χ2n) is 7.27. The van der Waals surface area contributed by atoms with Gasteiger partial charge in [0.15, 0.2) is 0 Å². The van der Waals surface area contributed by atoms with Gasteiger partial charge in [-0.2, -0.15) is 0 Å². The van der Waals surface area contributed by atoms with Crippen LogP contribution in [0.2, 0.25) is 0 Å². The summed E-state index contributed by atoms with van der Waals surface area (Å²) in [5.41, 5.74) is 1.58. The summed E-state index contributed by atoms with van der Waals surface area (Å²) in [5, 5.41) is 3.27. The van der Waals surface area contributed by atoms with Gasteiger partial charge in [0.25, 0.3) is 0 Å². The van der Waals surface area contributed by atoms with Gasteiger partial charge in [-0.25, -0.2) is 0 Å². The van der Waals surface area contributed by atoms with Gasteiger partial charge in [-0.05, 0) is 55.7 Å². The highest BCUT2D eigenvalue weighted by atomic mass is 16.2. The van der Waals surface area contributed by atoms with E-state index in [0.717, 1.165) is 32.5 Å². The van der Waals surface area contributed by atoms with E-state index >= 15 is 0 Å². The smallest absolute Gasteiger partial charge is 0.237 e. The number of hydrogen-bond donors (Lipinski definition) is 1. The van der Waals surface area contributed by atoms with Gasteiger partial charge in [0.05, 0.1) is 6.04 Å². The van der Waals surface area contributed by atoms with Crippen LogP contribution >= 0.6 is 0 Å². The molecule has 1 N–H and O–H groups in total. The van der Waals surface area contributed by atoms with Crippen molar-refractivity contribution in [2.24, 2.45) is 5.41 Å². The largest absolute Gasteiger partial charge is 0.354 e. The Morgan fingerprint density at radius 1 is 1.39 bits per heavy atom. The maximum Gasteiger partial charge on any atom is 0.237 e. The van der Waals surface area contributed by atoms with E-state index in [1.54, 1.807) is 6.20 Å². The van der Waals surface area contributed by atoms with E-state index in [0.29, 0.717) is 5.41 Å². The molecular weight excluding hydrogens is 286 g/mol. The van der Waals surface area contributed by atoms with Crippen molar-refractivity contribution in [3.05, 3.63) is 30.1 Å². The summed E-state index contributed by atoms with van der Waals surface area (Å²) in [6.07, 6.45) is 12.1. The van der Waals surface area contributed by atoms with Crippen LogP contribution in [0.1, 0.15) is 57.4 Å². The Labute approximate surface area is 139 Å². The van der Waals surface area contributed by atoms with Gasteiger partial charge in [0, 0.05) is 25.5 Å². The second kappa shape index (κ2) is 7.43. The first-order valence-electron chi connectivity index (χ1n) is 9.13. The number of carbonyl (C=O) groups excluding carboxylic acids is 1. The Bertz CT molecular complexity index is 507. The van der Waals surface area contributed by atoms with Crippen LogP contribution in [-0.2, 0) is 11.3 Å². The summed E-state index contributed by atoms with van der Waals surface area (Å²) in [4.78, 5) is 19.3. The highest BCUT2D eigenvalue weighted by Crippen LogP contribution is 2.43. The van der Waals surface area contributed by atoms with E-state index in [9.17, 15) is 4.79 Å². The van der Waals surface area contributed by atoms with Crippen molar-refractivity contribution in [3.8, 4) is 0 Å². The molecule has 0 aromatic carbocycles. The van der Waals surface area contributed by atoms with E-state index in [1.807, 2.05) is 12.3 Å². The quantitative estimate of drug-likeness (QED) is 0.877. The summed E-state index contributed by atoms with van der Waals surface area (Å²) in [5.74, 6) is 0.230. The zero-order valence-corrected chi connectivity index (χ0v) is 14.3. The van der Waals surface area contributed by atoms with Gasteiger partial charge >= 0.3 is 0 Å². The van der Waals surface area contributed by atoms with E-state index in [-0.39, 0.29) is 11.9 Å². The number of likely N-dealkylation sites (tertiary alicyclic amines) is 1. The molecule has 2 aliphatic rings. The van der Waals surface area contributed by atoms with Gasteiger partial charge in [-0.3, -0.25) is 14.7 Å². The minimum Gasteiger partial charge on any atom is -0.354 e. The first-order chi connectivity index (χ1) is 11.2. The molecule has 23 heavy (non-hydrogen) atoms. The first kappa shape index (κ1) is 16.4. The Morgan fingerprint density at radius 3 is 2.91 bits per heavy atom. The lowest BCUT2D eigenvalue weighted by molar-refractivity contribution is -0.128. The summed E-state index contributed by atoms with van der Waals surface area (Å²) in [6.45, 7) is 4.94. The molecule has 4 heteroatoms. The van der Waals surface area contributed by atoms with Crippen molar-refractivity contribution in [1.82, 2.24) is 15.2 Å². The van der Waals surface area contributed by atoms with Crippen molar-refractivity contribution in [2.45, 2.75) is 64.5 Å². The van der Waals surface area contributed by atoms with Crippen LogP contribution in [0.4, 0.5) is 0 Å². The van der Waals surface area contributed by atoms with Gasteiger partial charge in [-0.15, -0.1) is 0 Å². The molecule has 1 atom stereocenters. The average molecular weight is 315 g/mol. The van der Waals surface area contributed by atoms with Gasteiger partial charge in [-0.1, -0.05) is 25.8 Å². The fourth-order valence-electron chi connectivity index (χ4n) is 3.93. The molecule has 0 bridgehead atoms. The van der Waals surface area contributed by atoms with Crippen LogP contribution in [0, 0.1) is 5.41 Å². The lowest BCUT2D eigenvalue weighted by Crippen LogP contribution is -2.51. The number of carbonyl (C=O) groups is 1. The number of nitrogens with one attached hydrogen (secondary N) is 1. The Balaban J connectivity index is 1.58. The summed E-state index contributed by atoms with van der Waals surface area (Å²) in [7, 11) is 0. The van der Waals surface area contributed by atoms with Crippen molar-refractivity contribution in [1.29, 1.82) is 0 Å². The van der Waals surface area contributed by atoms with E-state index in [4.69, 9.17) is 0 Å². The molecule has 1 aromatic heterocycles. The van der Waals surface area contributed by atoms with Crippen LogP contribution in [0.15, 0.2) is 24.5 Å². The van der Waals surface area contributed by atoms with Crippen LogP contribution in [0.5, 0.6) is 0 Å². The standard InChI is InChI=1S/C19H29N3O/c1-2-19(9-6-10-19)15-21-18(23)17-8-3-4-12-22(17)14-16-7-5-11-20-13-16/h5,7,11,13,17H,2-4,6,8-10,12,14-15H2,1H3,(H,21,23)/t17-/m0/s1. The third-order valence-corrected chi connectivity index (χ3v) is 5.83. The summed E-state index contributed by atoms with van der Waals surface area (Å²) in [6, 6.07) is 4.09. The minimum absolute atomic E-state index is 0.0259. The Morgan fingerprint density at radius 2 is 2.26 bits per heavy atom. The van der Waals surface area contributed by atoms with Crippen molar-refractivity contribution in [2.75, 3.05) is 13.1 Å². The molecule has 1 aromatic rings. The molecule has 1 aliphatic carbocycles. The third-order valence-electron chi connectivity index (χ3n) is 5.83. The number of rotatable bonds is 6. The van der Waals surface area contributed by atoms with E-state index < -0.39 is 0 Å². The molecule has 1 aliphatic heterocycles. The fraction of sp³-hybridized carbons (Fsp3) is 0.684. The maximum absolute atomic E-state index is 12.7. The first-order valence-corrected chi connectivity index (χ1v) is 9.13. The molecule has 2 heterocycles. The molecule has 4 nitrogen and oxygen atoms in total. The van der Waals surface area contributed by atoms with E-state index in [2.05, 4.69) is 28.2 Å². The van der Waals surface area contributed by atoms with Crippen molar-refractivity contribution < 1.29 is 4.79 Å². The SMILES string of the molecule is CCC1(CNC(=O)[C@@H]2CCCCN2Cc2cccnc2)CCC1. The average Bonchev–Trinajstić information content (AvgIpc) is 2.55. The molecule has 0 radical (unpaired) electrons. The van der Waals surface area contributed by atoms with Gasteiger partial charge in [0.2, 0.25) is 5.91 Å². The molecular formula is C19H29N3O. The fourth-order valence-corrected chi connectivity index (χ4v) is 3.93. The number of amides is 1. The monoisotopic (exact) mass is 315 g/mol. The number of nitrogens with zero attached hydrogens (tertiary/aromatic N) is 2. The van der Waals surface area contributed by atoms with E-state index in [1.165, 1.54) is 37.7 Å². The molecule has 1 amide bonds. The zero-order chi connectivity index (χ0) is 16.1. The number of pyridine rings is 1. The number of hydrogen-bond acceptors (Lipinski definition) is 3. The van der Waals surface area contributed by atoms with Crippen LogP contribution in [0.25, 0.3) is 0 Å². The molecule has 126 valence electrons. The molecule has 1 saturated carbocycles. The van der Waals surface area contributed by atoms with Crippen molar-refractivity contribution in [3.63, 3.8) is 0 Å². The number of piperidine rings is 1. The maximum atomic E-state index is 12.7. The predicted octanol–water partition coefficient (Wildman–Crippen LogP) is 3.13. The Kier molecular flexibility index (Phi) is 5.31. The molecule has 0 spiro atoms. The molecule has 2 fully saturated rings. The lowest BCUT2D eigenvalue weighted by atomic mass is 9.67. The minimum atomic E-state index is 0.0259. The normalized spacial score (nSPS) is 24.0. The molecule has 1 saturated heterocycles. The Hall–Kier alpha value is -1.42. The lowest BCUT2D eigenvalue weighted by Gasteiger charge is -2.42. The topological polar surface area (TPSA) is 45.2 Å². The predicted molar refractivity (Wildman–Crippen MR) is 91.9 cm³/mol. The highest BCUT2D eigenvalue weighted by Gasteiger charge is 2.36. The van der Waals surface area contributed by atoms with Crippen LogP contribution < -0.4 is 5.32 Å². The summed E-state index contributed by atoms with van der Waals surface area (Å²) >= 11 is 0. The highest BCUT2D eigenvalue weighted by molar-refractivity contribution is 5.81. The summed E-state index contributed by atoms with van der Waals surface area (Å²) < 4.78 is 0.